The van der Waals surface area contributed by atoms with E-state index in [-0.39, 0.29) is 12.0 Å². The Balaban J connectivity index is 1.70. The second-order valence-corrected chi connectivity index (χ2v) is 5.38. The lowest BCUT2D eigenvalue weighted by Gasteiger charge is -2.17. The molecule has 1 saturated heterocycles. The minimum atomic E-state index is -0.334. The molecule has 1 saturated carbocycles. The van der Waals surface area contributed by atoms with Crippen LogP contribution >= 0.6 is 0 Å². The fourth-order valence-electron chi connectivity index (χ4n) is 3.24. The SMILES string of the molecule is CCOc1cccnc1NC(=O)[C@@H]1OC[C@@H]2CCC[C@@H]21. The van der Waals surface area contributed by atoms with Crippen molar-refractivity contribution in [1.29, 1.82) is 0 Å². The maximum Gasteiger partial charge on any atom is 0.255 e. The molecule has 5 nitrogen and oxygen atoms in total. The first kappa shape index (κ1) is 13.4. The summed E-state index contributed by atoms with van der Waals surface area (Å²) in [6.45, 7) is 3.16. The molecular weight excluding hydrogens is 256 g/mol. The summed E-state index contributed by atoms with van der Waals surface area (Å²) in [4.78, 5) is 16.6. The van der Waals surface area contributed by atoms with Crippen molar-refractivity contribution in [2.75, 3.05) is 18.5 Å². The van der Waals surface area contributed by atoms with E-state index >= 15 is 0 Å². The summed E-state index contributed by atoms with van der Waals surface area (Å²) < 4.78 is 11.1. The summed E-state index contributed by atoms with van der Waals surface area (Å²) >= 11 is 0. The first-order valence-electron chi connectivity index (χ1n) is 7.30. The van der Waals surface area contributed by atoms with Crippen LogP contribution in [0.25, 0.3) is 0 Å². The van der Waals surface area contributed by atoms with E-state index in [0.717, 1.165) is 6.42 Å². The summed E-state index contributed by atoms with van der Waals surface area (Å²) in [5.41, 5.74) is 0. The second kappa shape index (κ2) is 5.79. The highest BCUT2D eigenvalue weighted by molar-refractivity contribution is 5.94. The predicted octanol–water partition coefficient (Wildman–Crippen LogP) is 2.23. The van der Waals surface area contributed by atoms with Crippen LogP contribution in [0.1, 0.15) is 26.2 Å². The normalized spacial score (nSPS) is 28.1. The van der Waals surface area contributed by atoms with Crippen molar-refractivity contribution >= 4 is 11.7 Å². The number of carbonyl (C=O) groups is 1. The van der Waals surface area contributed by atoms with Gasteiger partial charge in [0.2, 0.25) is 0 Å². The fourth-order valence-corrected chi connectivity index (χ4v) is 3.24. The minimum Gasteiger partial charge on any atom is -0.490 e. The Kier molecular flexibility index (Phi) is 3.87. The van der Waals surface area contributed by atoms with Gasteiger partial charge in [-0.05, 0) is 43.7 Å². The van der Waals surface area contributed by atoms with Gasteiger partial charge in [0, 0.05) is 6.20 Å². The highest BCUT2D eigenvalue weighted by Gasteiger charge is 2.44. The van der Waals surface area contributed by atoms with Gasteiger partial charge in [0.25, 0.3) is 5.91 Å². The van der Waals surface area contributed by atoms with Crippen molar-refractivity contribution in [2.45, 2.75) is 32.3 Å². The number of aromatic nitrogens is 1. The van der Waals surface area contributed by atoms with Gasteiger partial charge in [0.05, 0.1) is 13.2 Å². The number of ether oxygens (including phenoxy) is 2. The molecule has 3 atom stereocenters. The van der Waals surface area contributed by atoms with E-state index in [0.29, 0.717) is 36.6 Å². The van der Waals surface area contributed by atoms with Gasteiger partial charge in [-0.1, -0.05) is 6.42 Å². The van der Waals surface area contributed by atoms with Crippen LogP contribution in [-0.4, -0.2) is 30.2 Å². The lowest BCUT2D eigenvalue weighted by molar-refractivity contribution is -0.126. The number of hydrogen-bond donors (Lipinski definition) is 1. The molecule has 1 N–H and O–H groups in total. The van der Waals surface area contributed by atoms with Crippen LogP contribution in [0.3, 0.4) is 0 Å². The van der Waals surface area contributed by atoms with E-state index in [1.165, 1.54) is 12.8 Å². The molecule has 20 heavy (non-hydrogen) atoms. The van der Waals surface area contributed by atoms with Crippen molar-refractivity contribution in [1.82, 2.24) is 4.98 Å². The largest absolute Gasteiger partial charge is 0.490 e. The number of nitrogens with one attached hydrogen (secondary N) is 1. The molecule has 1 aliphatic carbocycles. The molecule has 108 valence electrons. The first-order valence-corrected chi connectivity index (χ1v) is 7.30. The lowest BCUT2D eigenvalue weighted by Crippen LogP contribution is -2.33. The zero-order chi connectivity index (χ0) is 13.9. The first-order chi connectivity index (χ1) is 9.79. The summed E-state index contributed by atoms with van der Waals surface area (Å²) in [7, 11) is 0. The van der Waals surface area contributed by atoms with Crippen LogP contribution in [0.2, 0.25) is 0 Å². The monoisotopic (exact) mass is 276 g/mol. The average Bonchev–Trinajstić information content (AvgIpc) is 3.03. The molecule has 5 heteroatoms. The Morgan fingerprint density at radius 3 is 3.30 bits per heavy atom. The number of fused-ring (bicyclic) bond motifs is 1. The van der Waals surface area contributed by atoms with Crippen molar-refractivity contribution in [3.05, 3.63) is 18.3 Å². The van der Waals surface area contributed by atoms with Crippen LogP contribution in [0.15, 0.2) is 18.3 Å². The fraction of sp³-hybridized carbons (Fsp3) is 0.600. The van der Waals surface area contributed by atoms with Crippen LogP contribution < -0.4 is 10.1 Å². The summed E-state index contributed by atoms with van der Waals surface area (Å²) in [5.74, 6) is 1.91. The molecule has 0 aromatic carbocycles. The molecule has 2 heterocycles. The van der Waals surface area contributed by atoms with Gasteiger partial charge in [0.1, 0.15) is 6.10 Å². The second-order valence-electron chi connectivity index (χ2n) is 5.38. The molecule has 3 rings (SSSR count). The van der Waals surface area contributed by atoms with Crippen molar-refractivity contribution in [2.24, 2.45) is 11.8 Å². The third-order valence-electron chi connectivity index (χ3n) is 4.17. The maximum atomic E-state index is 12.4. The van der Waals surface area contributed by atoms with Gasteiger partial charge < -0.3 is 14.8 Å². The number of amides is 1. The Bertz CT molecular complexity index is 492. The van der Waals surface area contributed by atoms with E-state index in [4.69, 9.17) is 9.47 Å². The standard InChI is InChI=1S/C15H20N2O3/c1-2-19-12-7-4-8-16-14(12)17-15(18)13-11-6-3-5-10(11)9-20-13/h4,7-8,10-11,13H,2-3,5-6,9H2,1H3,(H,16,17,18)/t10-,11-,13+/m0/s1. The molecule has 0 spiro atoms. The van der Waals surface area contributed by atoms with Crippen molar-refractivity contribution in [3.8, 4) is 5.75 Å². The average molecular weight is 276 g/mol. The number of pyridine rings is 1. The molecule has 2 fully saturated rings. The Morgan fingerprint density at radius 1 is 1.55 bits per heavy atom. The molecule has 2 aliphatic rings. The lowest BCUT2D eigenvalue weighted by atomic mass is 9.94. The Labute approximate surface area is 118 Å². The van der Waals surface area contributed by atoms with Gasteiger partial charge in [-0.25, -0.2) is 4.98 Å². The number of hydrogen-bond acceptors (Lipinski definition) is 4. The van der Waals surface area contributed by atoms with Gasteiger partial charge >= 0.3 is 0 Å². The van der Waals surface area contributed by atoms with Crippen molar-refractivity contribution < 1.29 is 14.3 Å². The van der Waals surface area contributed by atoms with E-state index in [2.05, 4.69) is 10.3 Å². The van der Waals surface area contributed by atoms with Crippen LogP contribution in [0.4, 0.5) is 5.82 Å². The molecule has 0 radical (unpaired) electrons. The summed E-state index contributed by atoms with van der Waals surface area (Å²) in [6.07, 6.45) is 4.78. The predicted molar refractivity (Wildman–Crippen MR) is 74.6 cm³/mol. The van der Waals surface area contributed by atoms with E-state index in [1.807, 2.05) is 6.92 Å². The van der Waals surface area contributed by atoms with Gasteiger partial charge in [-0.2, -0.15) is 0 Å². The maximum absolute atomic E-state index is 12.4. The summed E-state index contributed by atoms with van der Waals surface area (Å²) in [5, 5.41) is 2.85. The van der Waals surface area contributed by atoms with E-state index in [9.17, 15) is 4.79 Å². The quantitative estimate of drug-likeness (QED) is 0.916. The van der Waals surface area contributed by atoms with Gasteiger partial charge in [0.15, 0.2) is 11.6 Å². The zero-order valence-electron chi connectivity index (χ0n) is 11.7. The molecule has 1 aromatic heterocycles. The number of nitrogens with zero attached hydrogens (tertiary/aromatic N) is 1. The third-order valence-corrected chi connectivity index (χ3v) is 4.17. The zero-order valence-corrected chi connectivity index (χ0v) is 11.7. The summed E-state index contributed by atoms with van der Waals surface area (Å²) in [6, 6.07) is 3.60. The smallest absolute Gasteiger partial charge is 0.255 e. The van der Waals surface area contributed by atoms with E-state index < -0.39 is 0 Å². The van der Waals surface area contributed by atoms with Crippen LogP contribution in [0, 0.1) is 11.8 Å². The van der Waals surface area contributed by atoms with Gasteiger partial charge in [-0.15, -0.1) is 0 Å². The number of rotatable bonds is 4. The number of anilines is 1. The van der Waals surface area contributed by atoms with Crippen molar-refractivity contribution in [3.63, 3.8) is 0 Å². The van der Waals surface area contributed by atoms with Crippen LogP contribution in [0.5, 0.6) is 5.75 Å². The van der Waals surface area contributed by atoms with Crippen LogP contribution in [-0.2, 0) is 9.53 Å². The Hall–Kier alpha value is -1.62. The Morgan fingerprint density at radius 2 is 2.45 bits per heavy atom. The molecule has 1 aliphatic heterocycles. The molecule has 0 bridgehead atoms. The number of carbonyl (C=O) groups excluding carboxylic acids is 1. The van der Waals surface area contributed by atoms with E-state index in [1.54, 1.807) is 18.3 Å². The topological polar surface area (TPSA) is 60.5 Å². The highest BCUT2D eigenvalue weighted by Crippen LogP contribution is 2.41. The molecule has 1 amide bonds. The third kappa shape index (κ3) is 2.50. The minimum absolute atomic E-state index is 0.0981. The molecular formula is C15H20N2O3. The highest BCUT2D eigenvalue weighted by atomic mass is 16.5. The molecule has 0 unspecified atom stereocenters. The molecule has 1 aromatic rings. The van der Waals surface area contributed by atoms with Gasteiger partial charge in [-0.3, -0.25) is 4.79 Å².